The number of alkyl halides is 2. The lowest BCUT2D eigenvalue weighted by Gasteiger charge is -2.08. The van der Waals surface area contributed by atoms with Gasteiger partial charge in [0.05, 0.1) is 23.9 Å². The van der Waals surface area contributed by atoms with Crippen LogP contribution in [0.15, 0.2) is 40.9 Å². The SMILES string of the molecule is N#Cc1ccc(CSc2nnc(NC(=O)NCc3ccnn3C3CC3(F)F)s2)cc1. The predicted octanol–water partition coefficient (Wildman–Crippen LogP) is 3.80. The first-order valence-corrected chi connectivity index (χ1v) is 10.7. The number of hydrogen-bond donors (Lipinski definition) is 2. The molecule has 0 aliphatic heterocycles. The van der Waals surface area contributed by atoms with Gasteiger partial charge >= 0.3 is 6.03 Å². The summed E-state index contributed by atoms with van der Waals surface area (Å²) >= 11 is 2.69. The fourth-order valence-electron chi connectivity index (χ4n) is 2.68. The Balaban J connectivity index is 1.25. The number of rotatable bonds is 7. The summed E-state index contributed by atoms with van der Waals surface area (Å²) in [5, 5.41) is 26.2. The number of anilines is 1. The van der Waals surface area contributed by atoms with E-state index in [4.69, 9.17) is 5.26 Å². The number of carbonyl (C=O) groups is 1. The van der Waals surface area contributed by atoms with Gasteiger partial charge in [-0.3, -0.25) is 10.00 Å². The van der Waals surface area contributed by atoms with Crippen molar-refractivity contribution in [3.8, 4) is 6.07 Å². The van der Waals surface area contributed by atoms with Crippen LogP contribution in [-0.2, 0) is 12.3 Å². The summed E-state index contributed by atoms with van der Waals surface area (Å²) in [4.78, 5) is 12.1. The minimum atomic E-state index is -2.73. The first-order valence-electron chi connectivity index (χ1n) is 8.85. The normalized spacial score (nSPS) is 16.6. The zero-order valence-corrected chi connectivity index (χ0v) is 17.0. The van der Waals surface area contributed by atoms with E-state index in [2.05, 4.69) is 32.0 Å². The molecule has 2 aromatic heterocycles. The summed E-state index contributed by atoms with van der Waals surface area (Å²) in [6.07, 6.45) is 1.20. The Morgan fingerprint density at radius 2 is 2.10 bits per heavy atom. The van der Waals surface area contributed by atoms with Crippen LogP contribution in [0.4, 0.5) is 18.7 Å². The minimum Gasteiger partial charge on any atom is -0.332 e. The molecule has 1 aliphatic carbocycles. The average molecular weight is 447 g/mol. The quantitative estimate of drug-likeness (QED) is 0.421. The molecule has 8 nitrogen and oxygen atoms in total. The van der Waals surface area contributed by atoms with E-state index in [0.29, 0.717) is 26.5 Å². The van der Waals surface area contributed by atoms with Gasteiger partial charge in [-0.1, -0.05) is 35.2 Å². The molecule has 2 heterocycles. The van der Waals surface area contributed by atoms with E-state index in [1.807, 2.05) is 12.1 Å². The largest absolute Gasteiger partial charge is 0.332 e. The molecule has 4 rings (SSSR count). The summed E-state index contributed by atoms with van der Waals surface area (Å²) in [6.45, 7) is 0.0670. The Hall–Kier alpha value is -3.04. The molecule has 1 aromatic carbocycles. The molecule has 12 heteroatoms. The molecule has 3 aromatic rings. The van der Waals surface area contributed by atoms with Crippen molar-refractivity contribution in [1.82, 2.24) is 25.3 Å². The summed E-state index contributed by atoms with van der Waals surface area (Å²) in [5.74, 6) is -2.08. The number of thioether (sulfide) groups is 1. The molecule has 0 bridgehead atoms. The lowest BCUT2D eigenvalue weighted by Crippen LogP contribution is -2.29. The topological polar surface area (TPSA) is 109 Å². The van der Waals surface area contributed by atoms with E-state index in [9.17, 15) is 13.6 Å². The van der Waals surface area contributed by atoms with Crippen LogP contribution in [0, 0.1) is 11.3 Å². The highest BCUT2D eigenvalue weighted by Crippen LogP contribution is 2.52. The van der Waals surface area contributed by atoms with Gasteiger partial charge in [-0.15, -0.1) is 10.2 Å². The number of halogens is 2. The molecule has 0 spiro atoms. The zero-order chi connectivity index (χ0) is 21.1. The molecule has 154 valence electrons. The number of urea groups is 1. The highest BCUT2D eigenvalue weighted by molar-refractivity contribution is 8.00. The molecule has 2 N–H and O–H groups in total. The molecule has 1 fully saturated rings. The molecule has 30 heavy (non-hydrogen) atoms. The van der Waals surface area contributed by atoms with E-state index < -0.39 is 18.0 Å². The van der Waals surface area contributed by atoms with Crippen LogP contribution in [-0.4, -0.2) is 31.9 Å². The van der Waals surface area contributed by atoms with E-state index in [1.54, 1.807) is 18.2 Å². The number of benzene rings is 1. The van der Waals surface area contributed by atoms with Gasteiger partial charge in [0.2, 0.25) is 5.13 Å². The van der Waals surface area contributed by atoms with Crippen LogP contribution in [0.5, 0.6) is 0 Å². The van der Waals surface area contributed by atoms with E-state index in [0.717, 1.165) is 5.56 Å². The second-order valence-corrected chi connectivity index (χ2v) is 8.73. The van der Waals surface area contributed by atoms with Crippen molar-refractivity contribution in [2.75, 3.05) is 5.32 Å². The fraction of sp³-hybridized carbons (Fsp3) is 0.278. The molecule has 0 saturated heterocycles. The lowest BCUT2D eigenvalue weighted by atomic mass is 10.2. The van der Waals surface area contributed by atoms with Gasteiger partial charge in [0.1, 0.15) is 6.04 Å². The third-order valence-corrected chi connectivity index (χ3v) is 6.39. The Labute approximate surface area is 178 Å². The zero-order valence-electron chi connectivity index (χ0n) is 15.4. The lowest BCUT2D eigenvalue weighted by molar-refractivity contribution is 0.0976. The number of carbonyl (C=O) groups excluding carboxylic acids is 1. The van der Waals surface area contributed by atoms with Crippen molar-refractivity contribution in [3.63, 3.8) is 0 Å². The molecule has 1 aliphatic rings. The van der Waals surface area contributed by atoms with E-state index in [-0.39, 0.29) is 13.0 Å². The van der Waals surface area contributed by atoms with Gasteiger partial charge in [-0.05, 0) is 23.8 Å². The van der Waals surface area contributed by atoms with Gasteiger partial charge in [0, 0.05) is 18.4 Å². The highest BCUT2D eigenvalue weighted by atomic mass is 32.2. The Morgan fingerprint density at radius 1 is 1.33 bits per heavy atom. The van der Waals surface area contributed by atoms with Gasteiger partial charge in [-0.2, -0.15) is 10.4 Å². The highest BCUT2D eigenvalue weighted by Gasteiger charge is 2.59. The van der Waals surface area contributed by atoms with Crippen LogP contribution in [0.2, 0.25) is 0 Å². The summed E-state index contributed by atoms with van der Waals surface area (Å²) in [7, 11) is 0. The smallest absolute Gasteiger partial charge is 0.321 e. The number of nitriles is 1. The van der Waals surface area contributed by atoms with Crippen molar-refractivity contribution in [1.29, 1.82) is 5.26 Å². The maximum atomic E-state index is 13.2. The first-order chi connectivity index (χ1) is 14.4. The number of amides is 2. The molecule has 0 radical (unpaired) electrons. The number of nitrogens with one attached hydrogen (secondary N) is 2. The van der Waals surface area contributed by atoms with E-state index >= 15 is 0 Å². The second kappa shape index (κ2) is 8.37. The molecule has 1 unspecified atom stereocenters. The van der Waals surface area contributed by atoms with Gasteiger partial charge < -0.3 is 5.32 Å². The summed E-state index contributed by atoms with van der Waals surface area (Å²) in [5.41, 5.74) is 2.15. The number of hydrogen-bond acceptors (Lipinski definition) is 7. The Morgan fingerprint density at radius 3 is 2.80 bits per heavy atom. The maximum Gasteiger partial charge on any atom is 0.321 e. The van der Waals surface area contributed by atoms with Crippen molar-refractivity contribution in [2.45, 2.75) is 35.0 Å². The van der Waals surface area contributed by atoms with Crippen molar-refractivity contribution >= 4 is 34.3 Å². The number of aromatic nitrogens is 4. The Bertz CT molecular complexity index is 1090. The van der Waals surface area contributed by atoms with Crippen LogP contribution in [0.3, 0.4) is 0 Å². The monoisotopic (exact) mass is 447 g/mol. The van der Waals surface area contributed by atoms with E-state index in [1.165, 1.54) is 34.0 Å². The number of nitrogens with zero attached hydrogens (tertiary/aromatic N) is 5. The maximum absolute atomic E-state index is 13.2. The third kappa shape index (κ3) is 4.74. The summed E-state index contributed by atoms with van der Waals surface area (Å²) < 4.78 is 28.4. The van der Waals surface area contributed by atoms with Gasteiger partial charge in [0.15, 0.2) is 4.34 Å². The fourth-order valence-corrected chi connectivity index (χ4v) is 4.38. The molecular formula is C18H15F2N7OS2. The van der Waals surface area contributed by atoms with Crippen LogP contribution in [0.25, 0.3) is 0 Å². The Kier molecular flexibility index (Phi) is 5.65. The molecule has 1 saturated carbocycles. The van der Waals surface area contributed by atoms with Crippen molar-refractivity contribution in [2.24, 2.45) is 0 Å². The van der Waals surface area contributed by atoms with Crippen LogP contribution in [0.1, 0.15) is 29.3 Å². The van der Waals surface area contributed by atoms with Crippen molar-refractivity contribution < 1.29 is 13.6 Å². The second-order valence-electron chi connectivity index (χ2n) is 6.53. The van der Waals surface area contributed by atoms with Gasteiger partial charge in [-0.25, -0.2) is 13.6 Å². The predicted molar refractivity (Wildman–Crippen MR) is 107 cm³/mol. The van der Waals surface area contributed by atoms with Gasteiger partial charge in [0.25, 0.3) is 5.92 Å². The summed E-state index contributed by atoms with van der Waals surface area (Å²) in [6, 6.07) is 9.48. The minimum absolute atomic E-state index is 0.0670. The third-order valence-electron chi connectivity index (χ3n) is 4.34. The average Bonchev–Trinajstić information content (AvgIpc) is 3.10. The molecular weight excluding hydrogens is 432 g/mol. The standard InChI is InChI=1S/C18H15F2N7OS2/c19-18(20)7-14(18)27-13(5-6-23-27)9-22-15(28)24-16-25-26-17(30-16)29-10-12-3-1-11(8-21)2-4-12/h1-6,14H,7,9-10H2,(H2,22,24,25,28). The van der Waals surface area contributed by atoms with Crippen LogP contribution < -0.4 is 10.6 Å². The van der Waals surface area contributed by atoms with Crippen molar-refractivity contribution in [3.05, 3.63) is 53.3 Å². The van der Waals surface area contributed by atoms with Crippen LogP contribution >= 0.6 is 23.1 Å². The molecule has 2 amide bonds. The molecule has 1 atom stereocenters. The first kappa shape index (κ1) is 20.2.